The van der Waals surface area contributed by atoms with E-state index in [4.69, 9.17) is 4.98 Å². The van der Waals surface area contributed by atoms with Gasteiger partial charge in [0.15, 0.2) is 0 Å². The monoisotopic (exact) mass is 272 g/mol. The lowest BCUT2D eigenvalue weighted by Gasteiger charge is -2.24. The van der Waals surface area contributed by atoms with Gasteiger partial charge in [-0.25, -0.2) is 4.98 Å². The lowest BCUT2D eigenvalue weighted by atomic mass is 9.93. The predicted octanol–water partition coefficient (Wildman–Crippen LogP) is 4.05. The fraction of sp³-hybridized carbons (Fsp3) is 0.438. The van der Waals surface area contributed by atoms with E-state index in [0.717, 1.165) is 5.69 Å². The van der Waals surface area contributed by atoms with E-state index < -0.39 is 0 Å². The van der Waals surface area contributed by atoms with Crippen LogP contribution in [0.1, 0.15) is 48.0 Å². The Morgan fingerprint density at radius 1 is 1.26 bits per heavy atom. The molecule has 2 atom stereocenters. The first-order chi connectivity index (χ1) is 9.24. The third kappa shape index (κ3) is 3.04. The zero-order valence-electron chi connectivity index (χ0n) is 11.5. The summed E-state index contributed by atoms with van der Waals surface area (Å²) < 4.78 is 0. The first-order valence-corrected chi connectivity index (χ1v) is 7.85. The highest BCUT2D eigenvalue weighted by molar-refractivity contribution is 7.09. The Balaban J connectivity index is 1.85. The molecule has 19 heavy (non-hydrogen) atoms. The van der Waals surface area contributed by atoms with Gasteiger partial charge < -0.3 is 5.32 Å². The Bertz CT molecular complexity index is 531. The molecule has 100 valence electrons. The molecule has 1 saturated carbocycles. The Hall–Kier alpha value is -1.19. The molecule has 0 radical (unpaired) electrons. The molecular weight excluding hydrogens is 252 g/mol. The van der Waals surface area contributed by atoms with Crippen LogP contribution >= 0.6 is 11.3 Å². The average Bonchev–Trinajstić information content (AvgIpc) is 3.17. The van der Waals surface area contributed by atoms with Gasteiger partial charge in [0.05, 0.1) is 6.04 Å². The SMILES string of the molecule is Cc1csc(C(NC2CC2)C(C)c2ccccc2)n1. The molecule has 2 nitrogen and oxygen atoms in total. The highest BCUT2D eigenvalue weighted by Gasteiger charge is 2.30. The molecule has 0 bridgehead atoms. The fourth-order valence-corrected chi connectivity index (χ4v) is 3.36. The van der Waals surface area contributed by atoms with E-state index in [0.29, 0.717) is 18.0 Å². The Morgan fingerprint density at radius 3 is 2.58 bits per heavy atom. The van der Waals surface area contributed by atoms with Gasteiger partial charge >= 0.3 is 0 Å². The number of hydrogen-bond acceptors (Lipinski definition) is 3. The van der Waals surface area contributed by atoms with E-state index in [1.807, 2.05) is 0 Å². The van der Waals surface area contributed by atoms with Crippen molar-refractivity contribution in [3.8, 4) is 0 Å². The third-order valence-electron chi connectivity index (χ3n) is 3.72. The van der Waals surface area contributed by atoms with E-state index >= 15 is 0 Å². The summed E-state index contributed by atoms with van der Waals surface area (Å²) >= 11 is 1.78. The summed E-state index contributed by atoms with van der Waals surface area (Å²) in [6.07, 6.45) is 2.62. The quantitative estimate of drug-likeness (QED) is 0.888. The molecule has 1 fully saturated rings. The highest BCUT2D eigenvalue weighted by Crippen LogP contribution is 2.35. The van der Waals surface area contributed by atoms with Crippen molar-refractivity contribution in [1.29, 1.82) is 0 Å². The van der Waals surface area contributed by atoms with Gasteiger partial charge in [0.1, 0.15) is 5.01 Å². The summed E-state index contributed by atoms with van der Waals surface area (Å²) in [7, 11) is 0. The van der Waals surface area contributed by atoms with E-state index in [2.05, 4.69) is 54.9 Å². The van der Waals surface area contributed by atoms with Crippen molar-refractivity contribution in [2.45, 2.75) is 44.7 Å². The molecule has 1 aliphatic rings. The van der Waals surface area contributed by atoms with Crippen LogP contribution < -0.4 is 5.32 Å². The molecule has 1 N–H and O–H groups in total. The Morgan fingerprint density at radius 2 is 2.00 bits per heavy atom. The molecular formula is C16H20N2S. The van der Waals surface area contributed by atoms with Gasteiger partial charge in [0, 0.05) is 23.0 Å². The zero-order valence-corrected chi connectivity index (χ0v) is 12.3. The summed E-state index contributed by atoms with van der Waals surface area (Å²) in [5.74, 6) is 0.451. The summed E-state index contributed by atoms with van der Waals surface area (Å²) in [5.41, 5.74) is 2.51. The molecule has 3 heteroatoms. The van der Waals surface area contributed by atoms with Crippen molar-refractivity contribution in [2.24, 2.45) is 0 Å². The topological polar surface area (TPSA) is 24.9 Å². The van der Waals surface area contributed by atoms with E-state index in [-0.39, 0.29) is 0 Å². The first-order valence-electron chi connectivity index (χ1n) is 6.97. The predicted molar refractivity (Wildman–Crippen MR) is 80.6 cm³/mol. The summed E-state index contributed by atoms with van der Waals surface area (Å²) in [4.78, 5) is 4.69. The van der Waals surface area contributed by atoms with Crippen LogP contribution in [-0.2, 0) is 0 Å². The molecule has 2 unspecified atom stereocenters. The second-order valence-corrected chi connectivity index (χ2v) is 6.33. The maximum absolute atomic E-state index is 4.69. The van der Waals surface area contributed by atoms with Crippen LogP contribution in [0.4, 0.5) is 0 Å². The minimum atomic E-state index is 0.341. The summed E-state index contributed by atoms with van der Waals surface area (Å²) in [6.45, 7) is 4.37. The largest absolute Gasteiger partial charge is 0.305 e. The summed E-state index contributed by atoms with van der Waals surface area (Å²) in [6, 6.07) is 11.8. The average molecular weight is 272 g/mol. The van der Waals surface area contributed by atoms with Crippen molar-refractivity contribution in [2.75, 3.05) is 0 Å². The van der Waals surface area contributed by atoms with Crippen LogP contribution in [0.15, 0.2) is 35.7 Å². The van der Waals surface area contributed by atoms with Crippen molar-refractivity contribution in [3.63, 3.8) is 0 Å². The van der Waals surface area contributed by atoms with Gasteiger partial charge in [-0.15, -0.1) is 11.3 Å². The normalized spacial score (nSPS) is 18.2. The lowest BCUT2D eigenvalue weighted by molar-refractivity contribution is 0.461. The van der Waals surface area contributed by atoms with E-state index in [1.54, 1.807) is 11.3 Å². The molecule has 1 heterocycles. The molecule has 3 rings (SSSR count). The van der Waals surface area contributed by atoms with Crippen molar-refractivity contribution in [3.05, 3.63) is 52.0 Å². The first kappa shape index (κ1) is 12.8. The van der Waals surface area contributed by atoms with Gasteiger partial charge in [-0.1, -0.05) is 37.3 Å². The van der Waals surface area contributed by atoms with Crippen LogP contribution in [0, 0.1) is 6.92 Å². The molecule has 2 aromatic rings. The third-order valence-corrected chi connectivity index (χ3v) is 4.77. The number of aryl methyl sites for hydroxylation is 1. The minimum Gasteiger partial charge on any atom is -0.305 e. The molecule has 1 aliphatic carbocycles. The summed E-state index contributed by atoms with van der Waals surface area (Å²) in [5, 5.41) is 7.14. The van der Waals surface area contributed by atoms with Crippen LogP contribution in [0.3, 0.4) is 0 Å². The number of hydrogen-bond donors (Lipinski definition) is 1. The van der Waals surface area contributed by atoms with Gasteiger partial charge in [-0.3, -0.25) is 0 Å². The van der Waals surface area contributed by atoms with Crippen molar-refractivity contribution < 1.29 is 0 Å². The fourth-order valence-electron chi connectivity index (χ4n) is 2.40. The number of aromatic nitrogens is 1. The smallest absolute Gasteiger partial charge is 0.110 e. The molecule has 0 amide bonds. The molecule has 0 spiro atoms. The number of rotatable bonds is 5. The number of benzene rings is 1. The van der Waals surface area contributed by atoms with Gasteiger partial charge in [-0.2, -0.15) is 0 Å². The molecule has 1 aromatic heterocycles. The number of nitrogens with one attached hydrogen (secondary N) is 1. The maximum atomic E-state index is 4.69. The Kier molecular flexibility index (Phi) is 3.67. The Labute approximate surface area is 118 Å². The number of nitrogens with zero attached hydrogens (tertiary/aromatic N) is 1. The molecule has 0 aliphatic heterocycles. The standard InChI is InChI=1S/C16H20N2S/c1-11-10-19-16(17-11)15(18-14-8-9-14)12(2)13-6-4-3-5-7-13/h3-7,10,12,14-15,18H,8-9H2,1-2H3. The highest BCUT2D eigenvalue weighted by atomic mass is 32.1. The lowest BCUT2D eigenvalue weighted by Crippen LogP contribution is -2.27. The van der Waals surface area contributed by atoms with Crippen LogP contribution in [0.25, 0.3) is 0 Å². The van der Waals surface area contributed by atoms with Gasteiger partial charge in [-0.05, 0) is 25.3 Å². The van der Waals surface area contributed by atoms with E-state index in [9.17, 15) is 0 Å². The maximum Gasteiger partial charge on any atom is 0.110 e. The van der Waals surface area contributed by atoms with Crippen LogP contribution in [0.5, 0.6) is 0 Å². The van der Waals surface area contributed by atoms with Gasteiger partial charge in [0.25, 0.3) is 0 Å². The second kappa shape index (κ2) is 5.43. The molecule has 0 saturated heterocycles. The van der Waals surface area contributed by atoms with Crippen molar-refractivity contribution >= 4 is 11.3 Å². The van der Waals surface area contributed by atoms with E-state index in [1.165, 1.54) is 23.4 Å². The van der Waals surface area contributed by atoms with Crippen LogP contribution in [0.2, 0.25) is 0 Å². The number of thiazole rings is 1. The van der Waals surface area contributed by atoms with Crippen LogP contribution in [-0.4, -0.2) is 11.0 Å². The molecule has 1 aromatic carbocycles. The zero-order chi connectivity index (χ0) is 13.2. The minimum absolute atomic E-state index is 0.341. The van der Waals surface area contributed by atoms with Gasteiger partial charge in [0.2, 0.25) is 0 Å². The van der Waals surface area contributed by atoms with Crippen molar-refractivity contribution in [1.82, 2.24) is 10.3 Å². The second-order valence-electron chi connectivity index (χ2n) is 5.45.